The summed E-state index contributed by atoms with van der Waals surface area (Å²) in [5, 5.41) is 0. The number of carbonyl (C=O) groups is 6. The topological polar surface area (TPSA) is 181 Å². The van der Waals surface area contributed by atoms with E-state index in [1.54, 1.807) is 0 Å². The fourth-order valence-electron chi connectivity index (χ4n) is 2.83. The number of carbonyl (C=O) groups excluding carboxylic acids is 6. The van der Waals surface area contributed by atoms with Crippen LogP contribution in [-0.2, 0) is 28.8 Å². The molecule has 0 radical (unpaired) electrons. The average molecular weight is 573 g/mol. The molecule has 216 valence electrons. The lowest BCUT2D eigenvalue weighted by Gasteiger charge is -2.15. The smallest absolute Gasteiger partial charge is 0.410 e. The molecule has 0 aromatic carbocycles. The number of rotatable bonds is 16. The van der Waals surface area contributed by atoms with Crippen LogP contribution in [-0.4, -0.2) is 115 Å². The second-order valence-corrected chi connectivity index (χ2v) is 12.3. The van der Waals surface area contributed by atoms with Crippen molar-refractivity contribution in [2.45, 2.75) is 67.2 Å². The fraction of sp³-hybridized carbons (Fsp3) is 0.727. The molecule has 0 unspecified atom stereocenters. The van der Waals surface area contributed by atoms with Gasteiger partial charge in [-0.15, -0.1) is 0 Å². The van der Waals surface area contributed by atoms with Crippen LogP contribution in [0.4, 0.5) is 0 Å². The molecule has 0 aliphatic rings. The molecule has 0 aliphatic heterocycles. The summed E-state index contributed by atoms with van der Waals surface area (Å²) in [6, 6.07) is 0. The Labute approximate surface area is 236 Å². The first-order valence-electron chi connectivity index (χ1n) is 12.7. The van der Waals surface area contributed by atoms with Crippen LogP contribution in [0.3, 0.4) is 0 Å². The van der Waals surface area contributed by atoms with Crippen molar-refractivity contribution in [3.63, 3.8) is 0 Å². The molecule has 14 nitrogen and oxygen atoms in total. The van der Waals surface area contributed by atoms with E-state index in [9.17, 15) is 28.8 Å². The predicted molar refractivity (Wildman–Crippen MR) is 148 cm³/mol. The van der Waals surface area contributed by atoms with E-state index in [4.69, 9.17) is 0 Å². The zero-order valence-corrected chi connectivity index (χ0v) is 26.5. The number of amides is 6. The molecule has 0 fully saturated rings. The highest BCUT2D eigenvalue weighted by molar-refractivity contribution is 6.59. The average Bonchev–Trinajstić information content (AvgIpc) is 2.77. The van der Waals surface area contributed by atoms with Gasteiger partial charge in [0.25, 0.3) is 0 Å². The number of hydrogen-bond acceptors (Lipinski definition) is 8. The van der Waals surface area contributed by atoms with Gasteiger partial charge in [0.05, 0.1) is 0 Å². The largest absolute Gasteiger partial charge is 0.740 e. The van der Waals surface area contributed by atoms with Gasteiger partial charge >= 0.3 is 29.6 Å². The Morgan fingerprint density at radius 3 is 1.00 bits per heavy atom. The van der Waals surface area contributed by atoms with E-state index in [2.05, 4.69) is 49.4 Å². The molecule has 38 heavy (non-hydrogen) atoms. The van der Waals surface area contributed by atoms with Crippen LogP contribution >= 0.6 is 0 Å². The van der Waals surface area contributed by atoms with Crippen LogP contribution in [0.25, 0.3) is 0 Å². The van der Waals surface area contributed by atoms with Gasteiger partial charge in [-0.3, -0.25) is 28.8 Å². The highest BCUT2D eigenvalue weighted by atomic mass is 27.2. The SMILES string of the molecule is CCN(C)CCCC(=O)[NH][Al]([NH]C(C)=O)[NH]C(C)=O.CCN(C)CCCC(=O)[NH][Al]([NH]C(C)=O)[NH]C(C)=O. The first kappa shape index (κ1) is 38.0. The Bertz CT molecular complexity index is 680. The van der Waals surface area contributed by atoms with Gasteiger partial charge in [0.15, 0.2) is 35.4 Å². The van der Waals surface area contributed by atoms with Crippen LogP contribution in [0.15, 0.2) is 0 Å². The lowest BCUT2D eigenvalue weighted by atomic mass is 10.3. The van der Waals surface area contributed by atoms with E-state index in [1.165, 1.54) is 27.7 Å². The lowest BCUT2D eigenvalue weighted by molar-refractivity contribution is -0.121. The van der Waals surface area contributed by atoms with Crippen molar-refractivity contribution in [3.8, 4) is 0 Å². The maximum atomic E-state index is 11.7. The van der Waals surface area contributed by atoms with Gasteiger partial charge in [0.1, 0.15) is 0 Å². The normalized spacial score (nSPS) is 9.95. The molecule has 0 rings (SSSR count). The van der Waals surface area contributed by atoms with Gasteiger partial charge in [-0.1, -0.05) is 13.8 Å². The molecule has 0 atom stereocenters. The summed E-state index contributed by atoms with van der Waals surface area (Å²) < 4.78 is 15.7. The van der Waals surface area contributed by atoms with Gasteiger partial charge in [0, 0.05) is 40.5 Å². The van der Waals surface area contributed by atoms with Crippen LogP contribution in [0, 0.1) is 0 Å². The van der Waals surface area contributed by atoms with Crippen molar-refractivity contribution in [3.05, 3.63) is 0 Å². The predicted octanol–water partition coefficient (Wildman–Crippen LogP) is -1.82. The Morgan fingerprint density at radius 2 is 0.789 bits per heavy atom. The first-order valence-corrected chi connectivity index (χ1v) is 16.2. The molecule has 6 N–H and O–H groups in total. The second kappa shape index (κ2) is 22.8. The second-order valence-electron chi connectivity index (χ2n) is 8.80. The van der Waals surface area contributed by atoms with Crippen molar-refractivity contribution in [1.82, 2.24) is 35.6 Å². The van der Waals surface area contributed by atoms with E-state index >= 15 is 0 Å². The third kappa shape index (κ3) is 25.5. The highest BCUT2D eigenvalue weighted by Gasteiger charge is 2.29. The highest BCUT2D eigenvalue weighted by Crippen LogP contribution is 1.93. The standard InChI is InChI=1S/2C7H16N2O.4C2H5NO.2Al/c2*1-3-9(2)6-4-5-7(8)10;4*1-2(3)4;;/h2*3-6H2,1-2H3,(H2,8,10);4*1H3,(H2,3,4);;/q;;;;;;2*+3/p-6. The fourth-order valence-corrected chi connectivity index (χ4v) is 5.82. The Balaban J connectivity index is 0. The molecule has 6 amide bonds. The van der Waals surface area contributed by atoms with Crippen LogP contribution in [0.2, 0.25) is 0 Å². The molecule has 0 saturated carbocycles. The quantitative estimate of drug-likeness (QED) is 0.117. The Morgan fingerprint density at radius 1 is 0.526 bits per heavy atom. The molecular formula is C22H46Al2N8O6. The minimum atomic E-state index is -2.29. The number of nitrogens with zero attached hydrogens (tertiary/aromatic N) is 2. The van der Waals surface area contributed by atoms with E-state index in [0.29, 0.717) is 12.8 Å². The van der Waals surface area contributed by atoms with E-state index in [1.807, 2.05) is 14.1 Å². The van der Waals surface area contributed by atoms with Crippen molar-refractivity contribution in [1.29, 1.82) is 0 Å². The molecule has 0 spiro atoms. The van der Waals surface area contributed by atoms with Crippen molar-refractivity contribution >= 4 is 65.1 Å². The Hall–Kier alpha value is -2.20. The van der Waals surface area contributed by atoms with Gasteiger partial charge in [0.2, 0.25) is 0 Å². The molecule has 0 saturated heterocycles. The lowest BCUT2D eigenvalue weighted by Crippen LogP contribution is -2.62. The maximum absolute atomic E-state index is 11.7. The number of hydrogen-bond donors (Lipinski definition) is 6. The molecule has 0 aliphatic carbocycles. The monoisotopic (exact) mass is 572 g/mol. The number of nitrogens with one attached hydrogen (secondary N) is 6. The first-order chi connectivity index (χ1) is 17.7. The van der Waals surface area contributed by atoms with E-state index in [0.717, 1.165) is 39.0 Å². The zero-order valence-electron chi connectivity index (χ0n) is 24.2. The summed E-state index contributed by atoms with van der Waals surface area (Å²) in [5.74, 6) is -1.37. The minimum absolute atomic E-state index is 0.149. The summed E-state index contributed by atoms with van der Waals surface area (Å²) >= 11 is -4.59. The minimum Gasteiger partial charge on any atom is -0.410 e. The third-order valence-electron chi connectivity index (χ3n) is 4.97. The van der Waals surface area contributed by atoms with Crippen LogP contribution in [0.5, 0.6) is 0 Å². The van der Waals surface area contributed by atoms with Gasteiger partial charge in [-0.05, 0) is 53.1 Å². The van der Waals surface area contributed by atoms with Gasteiger partial charge in [-0.25, -0.2) is 0 Å². The molecule has 0 heterocycles. The molecular weight excluding hydrogens is 526 g/mol. The molecule has 0 aromatic heterocycles. The molecule has 0 aromatic rings. The molecule has 16 heteroatoms. The maximum Gasteiger partial charge on any atom is 0.740 e. The molecule has 0 bridgehead atoms. The van der Waals surface area contributed by atoms with Crippen molar-refractivity contribution < 1.29 is 28.8 Å². The summed E-state index contributed by atoms with van der Waals surface area (Å²) in [6.07, 6.45) is 2.26. The Kier molecular flexibility index (Phi) is 22.7. The van der Waals surface area contributed by atoms with E-state index in [-0.39, 0.29) is 35.4 Å². The van der Waals surface area contributed by atoms with Crippen LogP contribution < -0.4 is 25.8 Å². The third-order valence-corrected chi connectivity index (χ3v) is 8.97. The van der Waals surface area contributed by atoms with Crippen LogP contribution in [0.1, 0.15) is 67.2 Å². The summed E-state index contributed by atoms with van der Waals surface area (Å²) in [6.45, 7) is 13.1. The van der Waals surface area contributed by atoms with Crippen molar-refractivity contribution in [2.24, 2.45) is 0 Å². The summed E-state index contributed by atoms with van der Waals surface area (Å²) in [7, 11) is 3.98. The van der Waals surface area contributed by atoms with Gasteiger partial charge < -0.3 is 35.6 Å². The van der Waals surface area contributed by atoms with Gasteiger partial charge in [-0.2, -0.15) is 0 Å². The van der Waals surface area contributed by atoms with Crippen molar-refractivity contribution in [2.75, 3.05) is 40.3 Å². The summed E-state index contributed by atoms with van der Waals surface area (Å²) in [5.41, 5.74) is 0. The van der Waals surface area contributed by atoms with E-state index < -0.39 is 29.6 Å². The zero-order chi connectivity index (χ0) is 29.7. The summed E-state index contributed by atoms with van der Waals surface area (Å²) in [4.78, 5) is 71.5.